The zero-order valence-corrected chi connectivity index (χ0v) is 7.85. The van der Waals surface area contributed by atoms with Gasteiger partial charge in [-0.15, -0.1) is 0 Å². The fourth-order valence-corrected chi connectivity index (χ4v) is 1.03. The van der Waals surface area contributed by atoms with E-state index in [1.165, 1.54) is 7.11 Å². The highest BCUT2D eigenvalue weighted by Crippen LogP contribution is 2.15. The van der Waals surface area contributed by atoms with E-state index >= 15 is 0 Å². The Bertz CT molecular complexity index is 451. The van der Waals surface area contributed by atoms with Crippen molar-refractivity contribution in [1.82, 2.24) is 4.98 Å². The van der Waals surface area contributed by atoms with Crippen LogP contribution in [0.4, 0.5) is 5.69 Å². The van der Waals surface area contributed by atoms with Crippen LogP contribution >= 0.6 is 0 Å². The Hall–Kier alpha value is -2.18. The summed E-state index contributed by atoms with van der Waals surface area (Å²) in [6.45, 7) is 0. The minimum absolute atomic E-state index is 0.117. The second-order valence-electron chi connectivity index (χ2n) is 2.72. The van der Waals surface area contributed by atoms with Gasteiger partial charge < -0.3 is 9.72 Å². The highest BCUT2D eigenvalue weighted by atomic mass is 16.6. The first-order chi connectivity index (χ1) is 7.04. The van der Waals surface area contributed by atoms with Gasteiger partial charge in [0.15, 0.2) is 0 Å². The highest BCUT2D eigenvalue weighted by molar-refractivity contribution is 5.73. The summed E-state index contributed by atoms with van der Waals surface area (Å²) < 4.78 is 4.37. The number of nitrogens with zero attached hydrogens (tertiary/aromatic N) is 1. The van der Waals surface area contributed by atoms with E-state index < -0.39 is 16.5 Å². The summed E-state index contributed by atoms with van der Waals surface area (Å²) >= 11 is 0. The van der Waals surface area contributed by atoms with Gasteiger partial charge in [0.05, 0.1) is 30.1 Å². The number of aromatic amines is 1. The van der Waals surface area contributed by atoms with Gasteiger partial charge in [-0.3, -0.25) is 19.7 Å². The van der Waals surface area contributed by atoms with Crippen molar-refractivity contribution >= 4 is 11.7 Å². The van der Waals surface area contributed by atoms with Crippen LogP contribution in [-0.2, 0) is 16.0 Å². The molecule has 0 spiro atoms. The van der Waals surface area contributed by atoms with E-state index in [9.17, 15) is 19.7 Å². The van der Waals surface area contributed by atoms with Crippen molar-refractivity contribution in [2.24, 2.45) is 0 Å². The monoisotopic (exact) mass is 212 g/mol. The molecule has 15 heavy (non-hydrogen) atoms. The zero-order valence-electron chi connectivity index (χ0n) is 7.85. The number of esters is 1. The Morgan fingerprint density at radius 2 is 2.33 bits per heavy atom. The van der Waals surface area contributed by atoms with E-state index in [1.807, 2.05) is 0 Å². The minimum Gasteiger partial charge on any atom is -0.469 e. The molecule has 7 heteroatoms. The van der Waals surface area contributed by atoms with E-state index in [2.05, 4.69) is 9.72 Å². The quantitative estimate of drug-likeness (QED) is 0.431. The second kappa shape index (κ2) is 4.36. The first kappa shape index (κ1) is 10.9. The molecule has 0 saturated carbocycles. The maximum absolute atomic E-state index is 10.9. The summed E-state index contributed by atoms with van der Waals surface area (Å²) in [5.74, 6) is -0.606. The lowest BCUT2D eigenvalue weighted by molar-refractivity contribution is -0.385. The van der Waals surface area contributed by atoms with Gasteiger partial charge >= 0.3 is 5.97 Å². The molecule has 0 fully saturated rings. The topological polar surface area (TPSA) is 102 Å². The number of nitro groups is 1. The maximum Gasteiger partial charge on any atom is 0.310 e. The summed E-state index contributed by atoms with van der Waals surface area (Å²) in [5.41, 5.74) is -0.856. The largest absolute Gasteiger partial charge is 0.469 e. The summed E-state index contributed by atoms with van der Waals surface area (Å²) in [5, 5.41) is 10.5. The normalized spacial score (nSPS) is 9.67. The third-order valence-corrected chi connectivity index (χ3v) is 1.74. The van der Waals surface area contributed by atoms with Crippen LogP contribution in [0, 0.1) is 10.1 Å². The summed E-state index contributed by atoms with van der Waals surface area (Å²) in [6, 6.07) is 0.832. The van der Waals surface area contributed by atoms with Crippen LogP contribution in [-0.4, -0.2) is 23.0 Å². The van der Waals surface area contributed by atoms with Crippen LogP contribution in [0.3, 0.4) is 0 Å². The average Bonchev–Trinajstić information content (AvgIpc) is 2.20. The van der Waals surface area contributed by atoms with Crippen molar-refractivity contribution in [2.75, 3.05) is 7.11 Å². The first-order valence-corrected chi connectivity index (χ1v) is 3.97. The molecule has 0 unspecified atom stereocenters. The van der Waals surface area contributed by atoms with Crippen molar-refractivity contribution in [3.63, 3.8) is 0 Å². The number of hydrogen-bond donors (Lipinski definition) is 1. The molecule has 80 valence electrons. The molecule has 0 aliphatic carbocycles. The van der Waals surface area contributed by atoms with Gasteiger partial charge in [-0.1, -0.05) is 0 Å². The van der Waals surface area contributed by atoms with Crippen LogP contribution in [0.1, 0.15) is 5.56 Å². The van der Waals surface area contributed by atoms with E-state index in [-0.39, 0.29) is 17.7 Å². The number of nitrogens with one attached hydrogen (secondary N) is 1. The summed E-state index contributed by atoms with van der Waals surface area (Å²) in [4.78, 5) is 33.8. The molecule has 1 aromatic rings. The number of rotatable bonds is 3. The lowest BCUT2D eigenvalue weighted by Crippen LogP contribution is -2.12. The van der Waals surface area contributed by atoms with Gasteiger partial charge in [0, 0.05) is 6.20 Å². The van der Waals surface area contributed by atoms with Crippen molar-refractivity contribution in [3.8, 4) is 0 Å². The minimum atomic E-state index is -0.715. The van der Waals surface area contributed by atoms with Gasteiger partial charge in [0.25, 0.3) is 11.2 Å². The molecule has 0 aromatic carbocycles. The van der Waals surface area contributed by atoms with Crippen molar-refractivity contribution in [2.45, 2.75) is 6.42 Å². The van der Waals surface area contributed by atoms with Gasteiger partial charge in [-0.25, -0.2) is 0 Å². The third-order valence-electron chi connectivity index (χ3n) is 1.74. The molecular formula is C8H8N2O5. The predicted molar refractivity (Wildman–Crippen MR) is 49.4 cm³/mol. The zero-order chi connectivity index (χ0) is 11.4. The number of carbonyl (C=O) groups excluding carboxylic acids is 1. The van der Waals surface area contributed by atoms with E-state index in [4.69, 9.17) is 0 Å². The molecule has 0 bridgehead atoms. The fourth-order valence-electron chi connectivity index (χ4n) is 1.03. The summed E-state index contributed by atoms with van der Waals surface area (Å²) in [7, 11) is 1.18. The molecule has 0 saturated heterocycles. The number of methoxy groups -OCH3 is 1. The standard InChI is InChI=1S/C8H8N2O5/c1-15-8(12)2-5-4-9-7(11)3-6(5)10(13)14/h3-4H,2H2,1H3,(H,9,11). The first-order valence-electron chi connectivity index (χ1n) is 3.97. The Morgan fingerprint density at radius 1 is 1.67 bits per heavy atom. The van der Waals surface area contributed by atoms with E-state index in [0.717, 1.165) is 12.3 Å². The number of ether oxygens (including phenoxy) is 1. The summed E-state index contributed by atoms with van der Waals surface area (Å²) in [6.07, 6.45) is 0.890. The van der Waals surface area contributed by atoms with Gasteiger partial charge in [-0.05, 0) is 0 Å². The molecule has 0 aliphatic heterocycles. The lowest BCUT2D eigenvalue weighted by Gasteiger charge is -2.00. The van der Waals surface area contributed by atoms with Crippen molar-refractivity contribution in [3.05, 3.63) is 38.3 Å². The van der Waals surface area contributed by atoms with Crippen LogP contribution in [0.15, 0.2) is 17.1 Å². The Kier molecular flexibility index (Phi) is 3.17. The van der Waals surface area contributed by atoms with Gasteiger partial charge in [0.2, 0.25) is 0 Å². The predicted octanol–water partition coefficient (Wildman–Crippen LogP) is -0.00140. The third kappa shape index (κ3) is 2.63. The number of pyridine rings is 1. The molecule has 0 aliphatic rings. The number of H-pyrrole nitrogens is 1. The molecule has 1 rings (SSSR count). The molecule has 0 radical (unpaired) electrons. The number of hydrogen-bond acceptors (Lipinski definition) is 5. The second-order valence-corrected chi connectivity index (χ2v) is 2.72. The Balaban J connectivity index is 3.11. The molecule has 0 amide bonds. The average molecular weight is 212 g/mol. The van der Waals surface area contributed by atoms with Crippen LogP contribution in [0.25, 0.3) is 0 Å². The number of aromatic nitrogens is 1. The maximum atomic E-state index is 10.9. The molecule has 1 aromatic heterocycles. The number of carbonyl (C=O) groups is 1. The smallest absolute Gasteiger partial charge is 0.310 e. The van der Waals surface area contributed by atoms with Crippen LogP contribution in [0.5, 0.6) is 0 Å². The van der Waals surface area contributed by atoms with Crippen LogP contribution in [0.2, 0.25) is 0 Å². The lowest BCUT2D eigenvalue weighted by atomic mass is 10.2. The molecule has 1 N–H and O–H groups in total. The van der Waals surface area contributed by atoms with Gasteiger partial charge in [-0.2, -0.15) is 0 Å². The molecular weight excluding hydrogens is 204 g/mol. The SMILES string of the molecule is COC(=O)Cc1c[nH]c(=O)cc1[N+](=O)[O-]. The van der Waals surface area contributed by atoms with E-state index in [1.54, 1.807) is 0 Å². The Morgan fingerprint density at radius 3 is 2.87 bits per heavy atom. The fraction of sp³-hybridized carbons (Fsp3) is 0.250. The Labute approximate surface area is 83.8 Å². The molecule has 1 heterocycles. The van der Waals surface area contributed by atoms with E-state index in [0.29, 0.717) is 0 Å². The molecule has 7 nitrogen and oxygen atoms in total. The highest BCUT2D eigenvalue weighted by Gasteiger charge is 2.17. The van der Waals surface area contributed by atoms with Crippen LogP contribution < -0.4 is 5.56 Å². The van der Waals surface area contributed by atoms with Gasteiger partial charge in [0.1, 0.15) is 0 Å². The van der Waals surface area contributed by atoms with Crippen molar-refractivity contribution in [1.29, 1.82) is 0 Å². The molecule has 0 atom stereocenters. The van der Waals surface area contributed by atoms with Crippen molar-refractivity contribution < 1.29 is 14.5 Å².